The minimum Gasteiger partial charge on any atom is -0.454 e. The van der Waals surface area contributed by atoms with Gasteiger partial charge in [0.05, 0.1) is 0 Å². The van der Waals surface area contributed by atoms with Crippen LogP contribution in [0.3, 0.4) is 0 Å². The number of fused-ring (bicyclic) bond motifs is 1. The molecule has 2 amide bonds. The van der Waals surface area contributed by atoms with Gasteiger partial charge in [0.15, 0.2) is 11.5 Å². The maximum atomic E-state index is 12.9. The van der Waals surface area contributed by atoms with E-state index in [0.29, 0.717) is 30.2 Å². The molecule has 1 fully saturated rings. The van der Waals surface area contributed by atoms with Gasteiger partial charge in [-0.25, -0.2) is 0 Å². The third-order valence-corrected chi connectivity index (χ3v) is 5.20. The second-order valence-corrected chi connectivity index (χ2v) is 7.12. The number of amides is 2. The topological polar surface area (TPSA) is 59.1 Å². The zero-order valence-corrected chi connectivity index (χ0v) is 15.7. The number of rotatable bonds is 2. The van der Waals surface area contributed by atoms with Gasteiger partial charge in [-0.2, -0.15) is 0 Å². The Labute approximate surface area is 159 Å². The van der Waals surface area contributed by atoms with Gasteiger partial charge in [-0.1, -0.05) is 15.9 Å². The van der Waals surface area contributed by atoms with Crippen molar-refractivity contribution in [1.29, 1.82) is 0 Å². The van der Waals surface area contributed by atoms with Gasteiger partial charge in [-0.15, -0.1) is 0 Å². The molecule has 2 aliphatic rings. The Morgan fingerprint density at radius 2 is 1.81 bits per heavy atom. The van der Waals surface area contributed by atoms with Crippen molar-refractivity contribution >= 4 is 33.4 Å². The highest BCUT2D eigenvalue weighted by atomic mass is 79.9. The SMILES string of the molecule is C[C@H]1C(=O)N(c2ccc(Br)cc2)CCN1C(=O)c1ccc2c(c1)OCO2. The molecular formula is C19H17BrN2O4. The van der Waals surface area contributed by atoms with E-state index in [0.717, 1.165) is 10.2 Å². The number of hydrogen-bond donors (Lipinski definition) is 0. The maximum Gasteiger partial charge on any atom is 0.254 e. The van der Waals surface area contributed by atoms with Gasteiger partial charge in [0, 0.05) is 28.8 Å². The molecule has 2 aromatic rings. The molecule has 2 aromatic carbocycles. The van der Waals surface area contributed by atoms with Crippen LogP contribution in [0.1, 0.15) is 17.3 Å². The van der Waals surface area contributed by atoms with Crippen LogP contribution in [0.25, 0.3) is 0 Å². The highest BCUT2D eigenvalue weighted by molar-refractivity contribution is 9.10. The van der Waals surface area contributed by atoms with Gasteiger partial charge in [0.2, 0.25) is 12.7 Å². The molecule has 2 aliphatic heterocycles. The number of carbonyl (C=O) groups excluding carboxylic acids is 2. The van der Waals surface area contributed by atoms with Crippen molar-refractivity contribution < 1.29 is 19.1 Å². The predicted octanol–water partition coefficient (Wildman–Crippen LogP) is 3.06. The van der Waals surface area contributed by atoms with Crippen molar-refractivity contribution in [3.63, 3.8) is 0 Å². The number of carbonyl (C=O) groups is 2. The Morgan fingerprint density at radius 3 is 2.58 bits per heavy atom. The van der Waals surface area contributed by atoms with E-state index >= 15 is 0 Å². The highest BCUT2D eigenvalue weighted by Crippen LogP contribution is 2.33. The summed E-state index contributed by atoms with van der Waals surface area (Å²) < 4.78 is 11.6. The van der Waals surface area contributed by atoms with Gasteiger partial charge in [-0.05, 0) is 49.4 Å². The summed E-state index contributed by atoms with van der Waals surface area (Å²) in [6.07, 6.45) is 0. The number of anilines is 1. The molecule has 134 valence electrons. The first-order valence-electron chi connectivity index (χ1n) is 8.32. The van der Waals surface area contributed by atoms with E-state index in [4.69, 9.17) is 9.47 Å². The summed E-state index contributed by atoms with van der Waals surface area (Å²) in [6.45, 7) is 2.85. The number of piperazine rings is 1. The van der Waals surface area contributed by atoms with E-state index in [1.54, 1.807) is 34.9 Å². The highest BCUT2D eigenvalue weighted by Gasteiger charge is 2.35. The summed E-state index contributed by atoms with van der Waals surface area (Å²) in [6, 6.07) is 12.1. The standard InChI is InChI=1S/C19H17BrN2O4/c1-12-18(23)22(15-5-3-14(20)4-6-15)9-8-21(12)19(24)13-2-7-16-17(10-13)26-11-25-16/h2-7,10,12H,8-9,11H2,1H3/t12-/m0/s1. The minimum absolute atomic E-state index is 0.0901. The molecule has 1 atom stereocenters. The average molecular weight is 417 g/mol. The minimum atomic E-state index is -0.537. The van der Waals surface area contributed by atoms with Gasteiger partial charge in [0.1, 0.15) is 6.04 Å². The van der Waals surface area contributed by atoms with Crippen LogP contribution in [-0.2, 0) is 4.79 Å². The molecule has 0 unspecified atom stereocenters. The summed E-state index contributed by atoms with van der Waals surface area (Å²) in [5.41, 5.74) is 1.33. The molecule has 0 aliphatic carbocycles. The first-order chi connectivity index (χ1) is 12.5. The van der Waals surface area contributed by atoms with Crippen LogP contribution in [0.5, 0.6) is 11.5 Å². The lowest BCUT2D eigenvalue weighted by Gasteiger charge is -2.39. The third-order valence-electron chi connectivity index (χ3n) is 4.67. The van der Waals surface area contributed by atoms with Crippen molar-refractivity contribution in [3.05, 3.63) is 52.5 Å². The van der Waals surface area contributed by atoms with E-state index in [9.17, 15) is 9.59 Å². The molecule has 26 heavy (non-hydrogen) atoms. The summed E-state index contributed by atoms with van der Waals surface area (Å²) in [5, 5.41) is 0. The molecule has 6 nitrogen and oxygen atoms in total. The molecular weight excluding hydrogens is 400 g/mol. The molecule has 0 saturated carbocycles. The smallest absolute Gasteiger partial charge is 0.254 e. The molecule has 1 saturated heterocycles. The Bertz CT molecular complexity index is 868. The Hall–Kier alpha value is -2.54. The Balaban J connectivity index is 1.53. The largest absolute Gasteiger partial charge is 0.454 e. The lowest BCUT2D eigenvalue weighted by Crippen LogP contribution is -2.57. The van der Waals surface area contributed by atoms with Crippen molar-refractivity contribution in [2.45, 2.75) is 13.0 Å². The van der Waals surface area contributed by atoms with Crippen LogP contribution >= 0.6 is 15.9 Å². The number of nitrogens with zero attached hydrogens (tertiary/aromatic N) is 2. The lowest BCUT2D eigenvalue weighted by atomic mass is 10.1. The molecule has 7 heteroatoms. The predicted molar refractivity (Wildman–Crippen MR) is 99.6 cm³/mol. The fourth-order valence-corrected chi connectivity index (χ4v) is 3.48. The second-order valence-electron chi connectivity index (χ2n) is 6.21. The molecule has 0 spiro atoms. The number of ether oxygens (including phenoxy) is 2. The van der Waals surface area contributed by atoms with Crippen molar-refractivity contribution in [1.82, 2.24) is 4.90 Å². The Morgan fingerprint density at radius 1 is 1.08 bits per heavy atom. The van der Waals surface area contributed by atoms with Gasteiger partial charge in [-0.3, -0.25) is 9.59 Å². The monoisotopic (exact) mass is 416 g/mol. The normalized spacial score (nSPS) is 19.0. The van der Waals surface area contributed by atoms with Gasteiger partial charge < -0.3 is 19.3 Å². The summed E-state index contributed by atoms with van der Waals surface area (Å²) in [7, 11) is 0. The second kappa shape index (κ2) is 6.64. The van der Waals surface area contributed by atoms with Crippen LogP contribution in [-0.4, -0.2) is 42.6 Å². The van der Waals surface area contributed by atoms with Crippen molar-refractivity contribution in [2.75, 3.05) is 24.8 Å². The molecule has 0 N–H and O–H groups in total. The van der Waals surface area contributed by atoms with E-state index in [1.807, 2.05) is 24.3 Å². The number of hydrogen-bond acceptors (Lipinski definition) is 4. The van der Waals surface area contributed by atoms with Gasteiger partial charge >= 0.3 is 0 Å². The first kappa shape index (κ1) is 16.9. The van der Waals surface area contributed by atoms with Crippen LogP contribution in [0.15, 0.2) is 46.9 Å². The average Bonchev–Trinajstić information content (AvgIpc) is 3.12. The molecule has 0 radical (unpaired) electrons. The van der Waals surface area contributed by atoms with E-state index in [1.165, 1.54) is 0 Å². The van der Waals surface area contributed by atoms with E-state index < -0.39 is 6.04 Å². The van der Waals surface area contributed by atoms with Crippen LogP contribution in [0.2, 0.25) is 0 Å². The molecule has 0 aromatic heterocycles. The molecule has 2 heterocycles. The molecule has 0 bridgehead atoms. The molecule has 4 rings (SSSR count). The third kappa shape index (κ3) is 2.92. The fourth-order valence-electron chi connectivity index (χ4n) is 3.22. The van der Waals surface area contributed by atoms with Gasteiger partial charge in [0.25, 0.3) is 5.91 Å². The van der Waals surface area contributed by atoms with Crippen LogP contribution in [0, 0.1) is 0 Å². The zero-order valence-electron chi connectivity index (χ0n) is 14.1. The van der Waals surface area contributed by atoms with Crippen LogP contribution < -0.4 is 14.4 Å². The number of benzene rings is 2. The summed E-state index contributed by atoms with van der Waals surface area (Å²) in [5.74, 6) is 0.918. The summed E-state index contributed by atoms with van der Waals surface area (Å²) >= 11 is 3.40. The van der Waals surface area contributed by atoms with Crippen molar-refractivity contribution in [2.24, 2.45) is 0 Å². The quantitative estimate of drug-likeness (QED) is 0.754. The van der Waals surface area contributed by atoms with Crippen LogP contribution in [0.4, 0.5) is 5.69 Å². The lowest BCUT2D eigenvalue weighted by molar-refractivity contribution is -0.124. The summed E-state index contributed by atoms with van der Waals surface area (Å²) in [4.78, 5) is 29.0. The first-order valence-corrected chi connectivity index (χ1v) is 9.11. The van der Waals surface area contributed by atoms with Crippen molar-refractivity contribution in [3.8, 4) is 11.5 Å². The fraction of sp³-hybridized carbons (Fsp3) is 0.263. The maximum absolute atomic E-state index is 12.9. The Kier molecular flexibility index (Phi) is 4.32. The zero-order chi connectivity index (χ0) is 18.3. The number of halogens is 1. The van der Waals surface area contributed by atoms with E-state index in [2.05, 4.69) is 15.9 Å². The van der Waals surface area contributed by atoms with E-state index in [-0.39, 0.29) is 18.6 Å².